The molecule has 2 aliphatic rings. The zero-order valence-corrected chi connectivity index (χ0v) is 9.92. The van der Waals surface area contributed by atoms with Gasteiger partial charge in [0.2, 0.25) is 6.79 Å². The Labute approximate surface area is 108 Å². The molecule has 0 saturated heterocycles. The predicted molar refractivity (Wildman–Crippen MR) is 63.4 cm³/mol. The first-order valence-corrected chi connectivity index (χ1v) is 5.99. The van der Waals surface area contributed by atoms with Crippen molar-refractivity contribution in [3.63, 3.8) is 0 Å². The van der Waals surface area contributed by atoms with Crippen LogP contribution < -0.4 is 14.2 Å². The van der Waals surface area contributed by atoms with Crippen LogP contribution in [0.4, 0.5) is 0 Å². The molecule has 0 aliphatic carbocycles. The van der Waals surface area contributed by atoms with E-state index in [0.717, 1.165) is 11.3 Å². The first-order valence-electron chi connectivity index (χ1n) is 5.99. The zero-order valence-electron chi connectivity index (χ0n) is 9.92. The van der Waals surface area contributed by atoms with Crippen molar-refractivity contribution in [2.45, 2.75) is 12.3 Å². The van der Waals surface area contributed by atoms with Crippen LogP contribution in [0, 0.1) is 0 Å². The highest BCUT2D eigenvalue weighted by molar-refractivity contribution is 5.78. The molecule has 0 amide bonds. The van der Waals surface area contributed by atoms with Crippen molar-refractivity contribution in [1.82, 2.24) is 0 Å². The highest BCUT2D eigenvalue weighted by atomic mass is 16.7. The molecule has 0 spiro atoms. The number of fused-ring (bicyclic) bond motifs is 2. The molecule has 0 fully saturated rings. The largest absolute Gasteiger partial charge is 0.469 e. The Morgan fingerprint density at radius 2 is 1.95 bits per heavy atom. The van der Waals surface area contributed by atoms with Crippen molar-refractivity contribution in [3.8, 4) is 17.2 Å². The molecule has 0 bridgehead atoms. The van der Waals surface area contributed by atoms with Gasteiger partial charge in [0.25, 0.3) is 0 Å². The average Bonchev–Trinajstić information content (AvgIpc) is 3.06. The van der Waals surface area contributed by atoms with Gasteiger partial charge < -0.3 is 18.6 Å². The number of hydrogen-bond donors (Lipinski definition) is 0. The minimum absolute atomic E-state index is 0.138. The summed E-state index contributed by atoms with van der Waals surface area (Å²) in [5.74, 6) is 2.13. The van der Waals surface area contributed by atoms with Gasteiger partial charge in [0.15, 0.2) is 11.5 Å². The number of carbonyl (C=O) groups is 1. The second-order valence-electron chi connectivity index (χ2n) is 4.49. The van der Waals surface area contributed by atoms with Crippen molar-refractivity contribution in [2.24, 2.45) is 0 Å². The Morgan fingerprint density at radius 1 is 1.11 bits per heavy atom. The summed E-state index contributed by atoms with van der Waals surface area (Å²) in [7, 11) is 0. The van der Waals surface area contributed by atoms with Gasteiger partial charge in [-0.1, -0.05) is 0 Å². The van der Waals surface area contributed by atoms with Crippen LogP contribution in [0.3, 0.4) is 0 Å². The number of rotatable bonds is 1. The van der Waals surface area contributed by atoms with Gasteiger partial charge >= 0.3 is 5.97 Å². The molecule has 2 aromatic rings. The quantitative estimate of drug-likeness (QED) is 0.581. The van der Waals surface area contributed by atoms with E-state index in [-0.39, 0.29) is 25.1 Å². The second-order valence-corrected chi connectivity index (χ2v) is 4.49. The minimum Gasteiger partial charge on any atom is -0.469 e. The maximum atomic E-state index is 11.7. The van der Waals surface area contributed by atoms with Gasteiger partial charge in [0, 0.05) is 11.6 Å². The molecule has 0 N–H and O–H groups in total. The van der Waals surface area contributed by atoms with Crippen LogP contribution in [0.25, 0.3) is 0 Å². The third kappa shape index (κ3) is 1.58. The second kappa shape index (κ2) is 3.78. The van der Waals surface area contributed by atoms with E-state index in [2.05, 4.69) is 0 Å². The monoisotopic (exact) mass is 258 g/mol. The number of benzene rings is 1. The summed E-state index contributed by atoms with van der Waals surface area (Å²) in [6.45, 7) is 0.192. The number of carbonyl (C=O) groups excluding carboxylic acids is 1. The fourth-order valence-corrected chi connectivity index (χ4v) is 2.48. The molecule has 1 atom stereocenters. The molecule has 0 saturated carbocycles. The van der Waals surface area contributed by atoms with Crippen molar-refractivity contribution < 1.29 is 23.4 Å². The molecule has 0 radical (unpaired) electrons. The Kier molecular flexibility index (Phi) is 2.09. The molecular formula is C14H10O5. The van der Waals surface area contributed by atoms with Crippen LogP contribution in [0.15, 0.2) is 34.9 Å². The van der Waals surface area contributed by atoms with Crippen molar-refractivity contribution >= 4 is 5.97 Å². The Morgan fingerprint density at radius 3 is 2.74 bits per heavy atom. The Bertz CT molecular complexity index is 644. The normalized spacial score (nSPS) is 20.0. The molecular weight excluding hydrogens is 248 g/mol. The van der Waals surface area contributed by atoms with E-state index in [0.29, 0.717) is 17.2 Å². The molecule has 5 nitrogen and oxygen atoms in total. The lowest BCUT2D eigenvalue weighted by molar-refractivity contribution is -0.135. The summed E-state index contributed by atoms with van der Waals surface area (Å²) < 4.78 is 21.3. The summed E-state index contributed by atoms with van der Waals surface area (Å²) in [4.78, 5) is 11.7. The minimum atomic E-state index is -0.271. The van der Waals surface area contributed by atoms with Gasteiger partial charge in [0.05, 0.1) is 18.6 Å². The SMILES string of the molecule is O=C1C[C@H](c2ccco2)c2cc3c(cc2O1)OCO3. The van der Waals surface area contributed by atoms with E-state index in [1.807, 2.05) is 18.2 Å². The lowest BCUT2D eigenvalue weighted by atomic mass is 9.90. The Balaban J connectivity index is 1.87. The molecule has 0 unspecified atom stereocenters. The van der Waals surface area contributed by atoms with Gasteiger partial charge in [-0.2, -0.15) is 0 Å². The van der Waals surface area contributed by atoms with E-state index in [1.165, 1.54) is 0 Å². The first kappa shape index (κ1) is 10.5. The molecule has 5 heteroatoms. The standard InChI is InChI=1S/C14H10O5/c15-14-5-9(10-2-1-3-16-10)8-4-12-13(18-7-17-12)6-11(8)19-14/h1-4,6,9H,5,7H2/t9-/m0/s1. The highest BCUT2D eigenvalue weighted by Gasteiger charge is 2.32. The maximum Gasteiger partial charge on any atom is 0.312 e. The molecule has 1 aromatic carbocycles. The molecule has 2 aliphatic heterocycles. The summed E-state index contributed by atoms with van der Waals surface area (Å²) in [6, 6.07) is 7.22. The number of ether oxygens (including phenoxy) is 3. The molecule has 96 valence electrons. The van der Waals surface area contributed by atoms with E-state index in [1.54, 1.807) is 12.3 Å². The molecule has 1 aromatic heterocycles. The zero-order chi connectivity index (χ0) is 12.8. The van der Waals surface area contributed by atoms with Crippen LogP contribution in [-0.4, -0.2) is 12.8 Å². The smallest absolute Gasteiger partial charge is 0.312 e. The third-order valence-corrected chi connectivity index (χ3v) is 3.36. The summed E-state index contributed by atoms with van der Waals surface area (Å²) in [6.07, 6.45) is 1.86. The van der Waals surface area contributed by atoms with Crippen LogP contribution in [-0.2, 0) is 4.79 Å². The van der Waals surface area contributed by atoms with Crippen LogP contribution in [0.5, 0.6) is 17.2 Å². The first-order chi connectivity index (χ1) is 9.31. The van der Waals surface area contributed by atoms with Gasteiger partial charge in [0.1, 0.15) is 11.5 Å². The van der Waals surface area contributed by atoms with Crippen molar-refractivity contribution in [2.75, 3.05) is 6.79 Å². The maximum absolute atomic E-state index is 11.7. The highest BCUT2D eigenvalue weighted by Crippen LogP contribution is 2.45. The summed E-state index contributed by atoms with van der Waals surface area (Å²) >= 11 is 0. The fraction of sp³-hybridized carbons (Fsp3) is 0.214. The van der Waals surface area contributed by atoms with Crippen LogP contribution in [0.1, 0.15) is 23.7 Å². The topological polar surface area (TPSA) is 57.9 Å². The van der Waals surface area contributed by atoms with Crippen LogP contribution >= 0.6 is 0 Å². The summed E-state index contributed by atoms with van der Waals surface area (Å²) in [5.41, 5.74) is 0.888. The molecule has 3 heterocycles. The van der Waals surface area contributed by atoms with Crippen molar-refractivity contribution in [1.29, 1.82) is 0 Å². The average molecular weight is 258 g/mol. The van der Waals surface area contributed by atoms with Crippen molar-refractivity contribution in [3.05, 3.63) is 41.9 Å². The van der Waals surface area contributed by atoms with E-state index >= 15 is 0 Å². The lowest BCUT2D eigenvalue weighted by Crippen LogP contribution is -2.20. The number of esters is 1. The predicted octanol–water partition coefficient (Wildman–Crippen LogP) is 2.45. The van der Waals surface area contributed by atoms with Gasteiger partial charge in [-0.15, -0.1) is 0 Å². The van der Waals surface area contributed by atoms with E-state index in [9.17, 15) is 4.79 Å². The number of furan rings is 1. The van der Waals surface area contributed by atoms with E-state index < -0.39 is 0 Å². The third-order valence-electron chi connectivity index (χ3n) is 3.36. The van der Waals surface area contributed by atoms with Crippen LogP contribution in [0.2, 0.25) is 0 Å². The van der Waals surface area contributed by atoms with Gasteiger partial charge in [-0.25, -0.2) is 0 Å². The Hall–Kier alpha value is -2.43. The van der Waals surface area contributed by atoms with E-state index in [4.69, 9.17) is 18.6 Å². The lowest BCUT2D eigenvalue weighted by Gasteiger charge is -2.23. The molecule has 4 rings (SSSR count). The summed E-state index contributed by atoms with van der Waals surface area (Å²) in [5, 5.41) is 0. The number of hydrogen-bond acceptors (Lipinski definition) is 5. The fourth-order valence-electron chi connectivity index (χ4n) is 2.48. The van der Waals surface area contributed by atoms with Gasteiger partial charge in [-0.3, -0.25) is 4.79 Å². The molecule has 19 heavy (non-hydrogen) atoms. The van der Waals surface area contributed by atoms with Gasteiger partial charge in [-0.05, 0) is 18.2 Å².